The van der Waals surface area contributed by atoms with E-state index < -0.39 is 11.6 Å². The Morgan fingerprint density at radius 2 is 2.05 bits per heavy atom. The van der Waals surface area contributed by atoms with Crippen LogP contribution < -0.4 is 5.32 Å². The fraction of sp³-hybridized carbons (Fsp3) is 0.267. The van der Waals surface area contributed by atoms with E-state index in [1.807, 2.05) is 36.4 Å². The first-order valence-corrected chi connectivity index (χ1v) is 8.01. The Kier molecular flexibility index (Phi) is 5.16. The van der Waals surface area contributed by atoms with E-state index in [1.165, 1.54) is 6.92 Å². The van der Waals surface area contributed by atoms with E-state index in [9.17, 15) is 9.90 Å². The summed E-state index contributed by atoms with van der Waals surface area (Å²) in [6.45, 7) is 1.81. The van der Waals surface area contributed by atoms with Crippen molar-refractivity contribution >= 4 is 33.2 Å². The van der Waals surface area contributed by atoms with Gasteiger partial charge in [0.05, 0.1) is 0 Å². The highest BCUT2D eigenvalue weighted by molar-refractivity contribution is 9.10. The van der Waals surface area contributed by atoms with Gasteiger partial charge in [0.2, 0.25) is 0 Å². The summed E-state index contributed by atoms with van der Waals surface area (Å²) >= 11 is 5.17. The molecule has 0 aliphatic rings. The number of benzene rings is 1. The molecule has 0 aliphatic carbocycles. The molecule has 3 N–H and O–H groups in total. The minimum Gasteiger partial charge on any atom is -0.479 e. The molecule has 1 aromatic heterocycles. The van der Waals surface area contributed by atoms with Gasteiger partial charge in [0.25, 0.3) is 0 Å². The first-order valence-electron chi connectivity index (χ1n) is 6.40. The highest BCUT2D eigenvalue weighted by Crippen LogP contribution is 2.33. The minimum atomic E-state index is -1.75. The number of hydrogen-bond acceptors (Lipinski definition) is 4. The number of hydrogen-bond donors (Lipinski definition) is 3. The molecule has 0 saturated heterocycles. The zero-order valence-corrected chi connectivity index (χ0v) is 13.9. The van der Waals surface area contributed by atoms with Crippen molar-refractivity contribution < 1.29 is 15.0 Å². The molecule has 0 amide bonds. The second-order valence-corrected chi connectivity index (χ2v) is 6.95. The van der Waals surface area contributed by atoms with Crippen LogP contribution in [0.3, 0.4) is 0 Å². The van der Waals surface area contributed by atoms with E-state index >= 15 is 0 Å². The van der Waals surface area contributed by atoms with Crippen molar-refractivity contribution in [2.45, 2.75) is 19.1 Å². The molecule has 0 fully saturated rings. The summed E-state index contributed by atoms with van der Waals surface area (Å²) in [5.74, 6) is -1.23. The maximum atomic E-state index is 10.8. The predicted octanol–water partition coefficient (Wildman–Crippen LogP) is 3.10. The lowest BCUT2D eigenvalue weighted by Gasteiger charge is -2.17. The van der Waals surface area contributed by atoms with Crippen LogP contribution in [0.5, 0.6) is 0 Å². The third-order valence-electron chi connectivity index (χ3n) is 3.03. The Labute approximate surface area is 135 Å². The largest absolute Gasteiger partial charge is 0.479 e. The molecule has 0 radical (unpaired) electrons. The molecule has 2 rings (SSSR count). The van der Waals surface area contributed by atoms with Gasteiger partial charge in [0.15, 0.2) is 5.60 Å². The second-order valence-electron chi connectivity index (χ2n) is 4.93. The number of halogens is 1. The molecule has 1 aromatic carbocycles. The van der Waals surface area contributed by atoms with Crippen LogP contribution in [0.4, 0.5) is 0 Å². The van der Waals surface area contributed by atoms with Crippen molar-refractivity contribution in [1.29, 1.82) is 0 Å². The van der Waals surface area contributed by atoms with Crippen LogP contribution in [0.15, 0.2) is 40.9 Å². The Morgan fingerprint density at radius 3 is 2.71 bits per heavy atom. The van der Waals surface area contributed by atoms with E-state index in [0.717, 1.165) is 19.8 Å². The average molecular weight is 370 g/mol. The van der Waals surface area contributed by atoms with Crippen molar-refractivity contribution in [2.75, 3.05) is 6.54 Å². The first kappa shape index (κ1) is 16.2. The van der Waals surface area contributed by atoms with Gasteiger partial charge in [0, 0.05) is 32.9 Å². The van der Waals surface area contributed by atoms with Crippen LogP contribution in [0.25, 0.3) is 10.4 Å². The summed E-state index contributed by atoms with van der Waals surface area (Å²) in [5, 5.41) is 21.4. The molecule has 0 aliphatic heterocycles. The van der Waals surface area contributed by atoms with Gasteiger partial charge in [-0.3, -0.25) is 0 Å². The summed E-state index contributed by atoms with van der Waals surface area (Å²) in [4.78, 5) is 13.0. The van der Waals surface area contributed by atoms with Crippen molar-refractivity contribution in [3.05, 3.63) is 45.7 Å². The summed E-state index contributed by atoms with van der Waals surface area (Å²) in [5.41, 5.74) is -0.617. The van der Waals surface area contributed by atoms with Crippen molar-refractivity contribution in [2.24, 2.45) is 0 Å². The number of rotatable bonds is 6. The van der Waals surface area contributed by atoms with Gasteiger partial charge in [-0.25, -0.2) is 4.79 Å². The molecule has 4 nitrogen and oxygen atoms in total. The molecule has 1 heterocycles. The van der Waals surface area contributed by atoms with Gasteiger partial charge in [-0.15, -0.1) is 11.3 Å². The number of nitrogens with one attached hydrogen (secondary N) is 1. The zero-order chi connectivity index (χ0) is 15.5. The van der Waals surface area contributed by atoms with Crippen LogP contribution in [0.1, 0.15) is 11.8 Å². The average Bonchev–Trinajstić information content (AvgIpc) is 2.87. The maximum absolute atomic E-state index is 10.8. The van der Waals surface area contributed by atoms with Crippen molar-refractivity contribution in [3.8, 4) is 10.4 Å². The fourth-order valence-electron chi connectivity index (χ4n) is 1.78. The van der Waals surface area contributed by atoms with E-state index in [0.29, 0.717) is 6.54 Å². The Morgan fingerprint density at radius 1 is 1.33 bits per heavy atom. The smallest absolute Gasteiger partial charge is 0.336 e. The molecule has 0 bridgehead atoms. The number of thiophene rings is 1. The number of carbonyl (C=O) groups is 1. The number of aliphatic hydroxyl groups is 1. The molecular formula is C15H16BrNO3S. The van der Waals surface area contributed by atoms with Crippen LogP contribution in [-0.4, -0.2) is 28.3 Å². The van der Waals surface area contributed by atoms with Gasteiger partial charge in [-0.1, -0.05) is 34.1 Å². The third kappa shape index (κ3) is 4.14. The lowest BCUT2D eigenvalue weighted by atomic mass is 10.1. The summed E-state index contributed by atoms with van der Waals surface area (Å²) in [7, 11) is 0. The van der Waals surface area contributed by atoms with Gasteiger partial charge in [-0.05, 0) is 25.1 Å². The van der Waals surface area contributed by atoms with E-state index in [1.54, 1.807) is 11.3 Å². The molecule has 0 saturated carbocycles. The molecular weight excluding hydrogens is 354 g/mol. The predicted molar refractivity (Wildman–Crippen MR) is 87.4 cm³/mol. The SMILES string of the molecule is CC(O)(CNCc1ccc(-c2ccccc2Br)s1)C(=O)O. The minimum absolute atomic E-state index is 0.00456. The summed E-state index contributed by atoms with van der Waals surface area (Å²) in [6.07, 6.45) is 0. The van der Waals surface area contributed by atoms with Crippen molar-refractivity contribution in [3.63, 3.8) is 0 Å². The third-order valence-corrected chi connectivity index (χ3v) is 4.84. The lowest BCUT2D eigenvalue weighted by molar-refractivity contribution is -0.156. The van der Waals surface area contributed by atoms with Gasteiger partial charge < -0.3 is 15.5 Å². The van der Waals surface area contributed by atoms with Crippen LogP contribution in [0, 0.1) is 0 Å². The van der Waals surface area contributed by atoms with E-state index in [-0.39, 0.29) is 6.54 Å². The number of aliphatic carboxylic acids is 1. The van der Waals surface area contributed by atoms with Gasteiger partial charge >= 0.3 is 5.97 Å². The van der Waals surface area contributed by atoms with Crippen LogP contribution in [-0.2, 0) is 11.3 Å². The highest BCUT2D eigenvalue weighted by Gasteiger charge is 2.29. The van der Waals surface area contributed by atoms with Gasteiger partial charge in [0.1, 0.15) is 0 Å². The van der Waals surface area contributed by atoms with E-state index in [4.69, 9.17) is 5.11 Å². The quantitative estimate of drug-likeness (QED) is 0.731. The van der Waals surface area contributed by atoms with Gasteiger partial charge in [-0.2, -0.15) is 0 Å². The van der Waals surface area contributed by atoms with Crippen molar-refractivity contribution in [1.82, 2.24) is 5.32 Å². The first-order chi connectivity index (χ1) is 9.90. The molecule has 1 unspecified atom stereocenters. The van der Waals surface area contributed by atoms with Crippen LogP contribution in [0.2, 0.25) is 0 Å². The zero-order valence-electron chi connectivity index (χ0n) is 11.5. The Balaban J connectivity index is 1.99. The standard InChI is InChI=1S/C15H16BrNO3S/c1-15(20,14(18)19)9-17-8-10-6-7-13(21-10)11-4-2-3-5-12(11)16/h2-7,17,20H,8-9H2,1H3,(H,18,19). The summed E-state index contributed by atoms with van der Waals surface area (Å²) < 4.78 is 1.04. The number of carboxylic acids is 1. The summed E-state index contributed by atoms with van der Waals surface area (Å²) in [6, 6.07) is 12.0. The highest BCUT2D eigenvalue weighted by atomic mass is 79.9. The topological polar surface area (TPSA) is 69.6 Å². The van der Waals surface area contributed by atoms with Crippen LogP contribution >= 0.6 is 27.3 Å². The monoisotopic (exact) mass is 369 g/mol. The molecule has 0 spiro atoms. The lowest BCUT2D eigenvalue weighted by Crippen LogP contribution is -2.44. The Hall–Kier alpha value is -1.21. The molecule has 21 heavy (non-hydrogen) atoms. The number of carboxylic acid groups (broad SMARTS) is 1. The maximum Gasteiger partial charge on any atom is 0.336 e. The van der Waals surface area contributed by atoms with E-state index in [2.05, 4.69) is 21.2 Å². The molecule has 2 aromatic rings. The second kappa shape index (κ2) is 6.70. The Bertz CT molecular complexity index is 639. The fourth-order valence-corrected chi connectivity index (χ4v) is 3.43. The molecule has 1 atom stereocenters. The molecule has 6 heteroatoms. The normalized spacial score (nSPS) is 13.9. The molecule has 112 valence electrons.